The smallest absolute Gasteiger partial charge is 0.191 e. The summed E-state index contributed by atoms with van der Waals surface area (Å²) < 4.78 is 17.0. The highest BCUT2D eigenvalue weighted by Crippen LogP contribution is 2.30. The highest BCUT2D eigenvalue weighted by atomic mass is 127. The first kappa shape index (κ1) is 27.0. The molecular formula is C24H41IN4O3. The van der Waals surface area contributed by atoms with E-state index in [1.54, 1.807) is 14.2 Å². The summed E-state index contributed by atoms with van der Waals surface area (Å²) in [7, 11) is 3.46. The van der Waals surface area contributed by atoms with Crippen LogP contribution in [0.15, 0.2) is 23.2 Å². The molecule has 182 valence electrons. The predicted molar refractivity (Wildman–Crippen MR) is 141 cm³/mol. The Balaban J connectivity index is 0.00000363. The summed E-state index contributed by atoms with van der Waals surface area (Å²) in [5.41, 5.74) is 1.10. The monoisotopic (exact) mass is 560 g/mol. The molecular weight excluding hydrogens is 519 g/mol. The van der Waals surface area contributed by atoms with E-state index in [0.717, 1.165) is 81.5 Å². The molecule has 0 bridgehead atoms. The maximum absolute atomic E-state index is 6.33. The lowest BCUT2D eigenvalue weighted by atomic mass is 10.1. The Bertz CT molecular complexity index is 690. The van der Waals surface area contributed by atoms with Crippen LogP contribution in [-0.2, 0) is 11.3 Å². The first-order chi connectivity index (χ1) is 15.2. The Morgan fingerprint density at radius 3 is 2.53 bits per heavy atom. The third-order valence-corrected chi connectivity index (χ3v) is 6.16. The highest BCUT2D eigenvalue weighted by molar-refractivity contribution is 14.0. The summed E-state index contributed by atoms with van der Waals surface area (Å²) in [5, 5.41) is 7.03. The zero-order chi connectivity index (χ0) is 21.9. The molecule has 0 spiro atoms. The van der Waals surface area contributed by atoms with E-state index in [1.807, 2.05) is 12.1 Å². The van der Waals surface area contributed by atoms with Crippen molar-refractivity contribution in [1.29, 1.82) is 0 Å². The SMILES string of the molecule is CCNC(=NCc1ccc(OC)cc1OC1CCCC1)NC1CCN(CCOC)CC1.I. The summed E-state index contributed by atoms with van der Waals surface area (Å²) in [5.74, 6) is 2.60. The van der Waals surface area contributed by atoms with Crippen molar-refractivity contribution in [1.82, 2.24) is 15.5 Å². The number of likely N-dealkylation sites (tertiary alicyclic amines) is 1. The van der Waals surface area contributed by atoms with Crippen molar-refractivity contribution in [2.75, 3.05) is 47.0 Å². The molecule has 1 saturated heterocycles. The Morgan fingerprint density at radius 1 is 1.12 bits per heavy atom. The molecule has 0 aromatic heterocycles. The van der Waals surface area contributed by atoms with E-state index in [9.17, 15) is 0 Å². The summed E-state index contributed by atoms with van der Waals surface area (Å²) in [6, 6.07) is 6.51. The van der Waals surface area contributed by atoms with Crippen molar-refractivity contribution in [2.24, 2.45) is 4.99 Å². The van der Waals surface area contributed by atoms with Crippen LogP contribution in [0.5, 0.6) is 11.5 Å². The molecule has 1 saturated carbocycles. The minimum atomic E-state index is 0. The van der Waals surface area contributed by atoms with Gasteiger partial charge in [0.05, 0.1) is 26.4 Å². The largest absolute Gasteiger partial charge is 0.497 e. The second-order valence-corrected chi connectivity index (χ2v) is 8.45. The normalized spacial score (nSPS) is 18.3. The molecule has 8 heteroatoms. The van der Waals surface area contributed by atoms with Gasteiger partial charge in [-0.25, -0.2) is 4.99 Å². The summed E-state index contributed by atoms with van der Waals surface area (Å²) >= 11 is 0. The van der Waals surface area contributed by atoms with E-state index >= 15 is 0 Å². The number of piperidine rings is 1. The van der Waals surface area contributed by atoms with Gasteiger partial charge in [-0.1, -0.05) is 0 Å². The molecule has 0 radical (unpaired) electrons. The molecule has 1 heterocycles. The van der Waals surface area contributed by atoms with Gasteiger partial charge >= 0.3 is 0 Å². The van der Waals surface area contributed by atoms with Crippen LogP contribution < -0.4 is 20.1 Å². The summed E-state index contributed by atoms with van der Waals surface area (Å²) in [4.78, 5) is 7.35. The number of nitrogens with one attached hydrogen (secondary N) is 2. The lowest BCUT2D eigenvalue weighted by molar-refractivity contribution is 0.128. The van der Waals surface area contributed by atoms with E-state index in [1.165, 1.54) is 12.8 Å². The number of hydrogen-bond acceptors (Lipinski definition) is 5. The van der Waals surface area contributed by atoms with Crippen LogP contribution in [0.1, 0.15) is 51.0 Å². The second-order valence-electron chi connectivity index (χ2n) is 8.45. The number of nitrogens with zero attached hydrogens (tertiary/aromatic N) is 2. The van der Waals surface area contributed by atoms with Crippen LogP contribution in [0.3, 0.4) is 0 Å². The van der Waals surface area contributed by atoms with Crippen LogP contribution in [0, 0.1) is 0 Å². The lowest BCUT2D eigenvalue weighted by Crippen LogP contribution is -2.49. The number of rotatable bonds is 10. The minimum Gasteiger partial charge on any atom is -0.497 e. The van der Waals surface area contributed by atoms with Gasteiger partial charge in [0.15, 0.2) is 5.96 Å². The van der Waals surface area contributed by atoms with Gasteiger partial charge in [0.1, 0.15) is 11.5 Å². The molecule has 3 rings (SSSR count). The average molecular weight is 561 g/mol. The van der Waals surface area contributed by atoms with Gasteiger partial charge in [-0.05, 0) is 57.6 Å². The van der Waals surface area contributed by atoms with E-state index in [-0.39, 0.29) is 24.0 Å². The predicted octanol–water partition coefficient (Wildman–Crippen LogP) is 3.80. The maximum Gasteiger partial charge on any atom is 0.191 e. The van der Waals surface area contributed by atoms with Gasteiger partial charge in [-0.3, -0.25) is 0 Å². The molecule has 1 aromatic rings. The zero-order valence-corrected chi connectivity index (χ0v) is 22.2. The fourth-order valence-electron chi connectivity index (χ4n) is 4.29. The Hall–Kier alpha value is -1.26. The van der Waals surface area contributed by atoms with Crippen molar-refractivity contribution >= 4 is 29.9 Å². The zero-order valence-electron chi connectivity index (χ0n) is 19.9. The number of methoxy groups -OCH3 is 2. The van der Waals surface area contributed by atoms with Gasteiger partial charge in [0, 0.05) is 51.0 Å². The number of aliphatic imine (C=N–C) groups is 1. The molecule has 1 aliphatic heterocycles. The molecule has 1 aromatic carbocycles. The Kier molecular flexibility index (Phi) is 12.5. The van der Waals surface area contributed by atoms with Crippen molar-refractivity contribution in [3.63, 3.8) is 0 Å². The minimum absolute atomic E-state index is 0. The van der Waals surface area contributed by atoms with Crippen LogP contribution >= 0.6 is 24.0 Å². The molecule has 7 nitrogen and oxygen atoms in total. The van der Waals surface area contributed by atoms with Gasteiger partial charge in [0.25, 0.3) is 0 Å². The van der Waals surface area contributed by atoms with Gasteiger partial charge in [-0.2, -0.15) is 0 Å². The van der Waals surface area contributed by atoms with Crippen molar-refractivity contribution in [2.45, 2.75) is 64.1 Å². The Morgan fingerprint density at radius 2 is 1.88 bits per heavy atom. The molecule has 0 amide bonds. The van der Waals surface area contributed by atoms with E-state index in [4.69, 9.17) is 19.2 Å². The van der Waals surface area contributed by atoms with Crippen LogP contribution in [0.2, 0.25) is 0 Å². The number of benzene rings is 1. The highest BCUT2D eigenvalue weighted by Gasteiger charge is 2.20. The third-order valence-electron chi connectivity index (χ3n) is 6.16. The summed E-state index contributed by atoms with van der Waals surface area (Å²) in [6.45, 7) is 7.53. The number of halogens is 1. The standard InChI is InChI=1S/C24H40N4O3.HI/c1-4-25-24(27-20-11-13-28(14-12-20)15-16-29-2)26-18-19-9-10-22(30-3)17-23(19)31-21-7-5-6-8-21;/h9-10,17,20-21H,4-8,11-16,18H2,1-3H3,(H2,25,26,27);1H. The van der Waals surface area contributed by atoms with Gasteiger partial charge in [-0.15, -0.1) is 24.0 Å². The van der Waals surface area contributed by atoms with Crippen LogP contribution in [0.25, 0.3) is 0 Å². The Labute approximate surface area is 210 Å². The van der Waals surface area contributed by atoms with Crippen molar-refractivity contribution in [3.05, 3.63) is 23.8 Å². The van der Waals surface area contributed by atoms with E-state index < -0.39 is 0 Å². The average Bonchev–Trinajstić information content (AvgIpc) is 3.31. The molecule has 2 N–H and O–H groups in total. The van der Waals surface area contributed by atoms with E-state index in [2.05, 4.69) is 28.5 Å². The van der Waals surface area contributed by atoms with Gasteiger partial charge in [0.2, 0.25) is 0 Å². The summed E-state index contributed by atoms with van der Waals surface area (Å²) in [6.07, 6.45) is 7.31. The number of ether oxygens (including phenoxy) is 3. The molecule has 1 aliphatic carbocycles. The molecule has 0 atom stereocenters. The van der Waals surface area contributed by atoms with Crippen LogP contribution in [-0.4, -0.2) is 70.0 Å². The fourth-order valence-corrected chi connectivity index (χ4v) is 4.29. The topological polar surface area (TPSA) is 67.4 Å². The van der Waals surface area contributed by atoms with Gasteiger partial charge < -0.3 is 29.7 Å². The molecule has 0 unspecified atom stereocenters. The first-order valence-electron chi connectivity index (χ1n) is 11.8. The van der Waals surface area contributed by atoms with E-state index in [0.29, 0.717) is 18.7 Å². The lowest BCUT2D eigenvalue weighted by Gasteiger charge is -2.32. The molecule has 2 aliphatic rings. The maximum atomic E-state index is 6.33. The van der Waals surface area contributed by atoms with Crippen molar-refractivity contribution < 1.29 is 14.2 Å². The molecule has 2 fully saturated rings. The molecule has 32 heavy (non-hydrogen) atoms. The number of hydrogen-bond donors (Lipinski definition) is 2. The van der Waals surface area contributed by atoms with Crippen LogP contribution in [0.4, 0.5) is 0 Å². The first-order valence-corrected chi connectivity index (χ1v) is 11.8. The third kappa shape index (κ3) is 8.59. The second kappa shape index (κ2) is 14.8. The van der Waals surface area contributed by atoms with Crippen molar-refractivity contribution in [3.8, 4) is 11.5 Å². The number of guanidine groups is 1. The quantitative estimate of drug-likeness (QED) is 0.258. The fraction of sp³-hybridized carbons (Fsp3) is 0.708.